The molecule has 1 nitrogen and oxygen atoms in total. The zero-order valence-corrected chi connectivity index (χ0v) is 16.4. The third kappa shape index (κ3) is 3.71. The van der Waals surface area contributed by atoms with Crippen LogP contribution in [0.3, 0.4) is 0 Å². The maximum absolute atomic E-state index is 13.1. The molecule has 4 aromatic rings. The van der Waals surface area contributed by atoms with Crippen LogP contribution in [-0.4, -0.2) is 5.78 Å². The molecule has 4 aromatic carbocycles. The highest BCUT2D eigenvalue weighted by molar-refractivity contribution is 6.11. The zero-order chi connectivity index (χ0) is 19.3. The van der Waals surface area contributed by atoms with Gasteiger partial charge in [-0.15, -0.1) is 0 Å². The minimum atomic E-state index is 0.255. The number of unbranched alkanes of at least 4 members (excludes halogenated alkanes) is 3. The number of ketones is 1. The van der Waals surface area contributed by atoms with E-state index in [0.29, 0.717) is 6.42 Å². The fraction of sp³-hybridized carbons (Fsp3) is 0.222. The summed E-state index contributed by atoms with van der Waals surface area (Å²) in [5.74, 6) is 0.255. The number of fused-ring (bicyclic) bond motifs is 2. The van der Waals surface area contributed by atoms with E-state index in [1.54, 1.807) is 0 Å². The van der Waals surface area contributed by atoms with E-state index in [2.05, 4.69) is 79.7 Å². The molecule has 0 saturated carbocycles. The third-order valence-corrected chi connectivity index (χ3v) is 5.52. The third-order valence-electron chi connectivity index (χ3n) is 5.52. The Morgan fingerprint density at radius 1 is 0.714 bits per heavy atom. The van der Waals surface area contributed by atoms with Crippen LogP contribution >= 0.6 is 0 Å². The van der Waals surface area contributed by atoms with Gasteiger partial charge in [0.2, 0.25) is 0 Å². The average Bonchev–Trinajstić information content (AvgIpc) is 2.75. The van der Waals surface area contributed by atoms with Gasteiger partial charge < -0.3 is 0 Å². The molecule has 0 aliphatic carbocycles. The smallest absolute Gasteiger partial charge is 0.163 e. The molecule has 0 amide bonds. The lowest BCUT2D eigenvalue weighted by Gasteiger charge is -2.14. The summed E-state index contributed by atoms with van der Waals surface area (Å²) in [4.78, 5) is 13.1. The summed E-state index contributed by atoms with van der Waals surface area (Å²) < 4.78 is 0. The highest BCUT2D eigenvalue weighted by atomic mass is 16.1. The number of carbonyl (C=O) groups is 1. The van der Waals surface area contributed by atoms with E-state index in [1.807, 2.05) is 6.07 Å². The van der Waals surface area contributed by atoms with Gasteiger partial charge in [0, 0.05) is 17.5 Å². The Morgan fingerprint density at radius 3 is 2.25 bits per heavy atom. The van der Waals surface area contributed by atoms with Crippen molar-refractivity contribution in [3.8, 4) is 11.1 Å². The Bertz CT molecular complexity index is 1120. The van der Waals surface area contributed by atoms with E-state index in [-0.39, 0.29) is 5.78 Å². The molecule has 4 rings (SSSR count). The van der Waals surface area contributed by atoms with E-state index in [4.69, 9.17) is 0 Å². The van der Waals surface area contributed by atoms with Crippen LogP contribution in [0, 0.1) is 0 Å². The number of hydrogen-bond acceptors (Lipinski definition) is 1. The number of carbonyl (C=O) groups excluding carboxylic acids is 1. The molecule has 0 radical (unpaired) electrons. The second-order valence-corrected chi connectivity index (χ2v) is 7.51. The van der Waals surface area contributed by atoms with Crippen LogP contribution in [0.5, 0.6) is 0 Å². The van der Waals surface area contributed by atoms with Gasteiger partial charge in [-0.25, -0.2) is 0 Å². The Hall–Kier alpha value is -2.93. The SMILES string of the molecule is CCCCCCC(=O)c1ccc2ccccc2c1-c1ccc2ccccc2c1. The fourth-order valence-electron chi connectivity index (χ4n) is 4.01. The monoisotopic (exact) mass is 366 g/mol. The Balaban J connectivity index is 1.82. The minimum Gasteiger partial charge on any atom is -0.294 e. The molecule has 0 atom stereocenters. The van der Waals surface area contributed by atoms with Gasteiger partial charge in [-0.3, -0.25) is 4.79 Å². The van der Waals surface area contributed by atoms with Crippen LogP contribution < -0.4 is 0 Å². The van der Waals surface area contributed by atoms with Crippen molar-refractivity contribution in [2.45, 2.75) is 39.0 Å². The largest absolute Gasteiger partial charge is 0.294 e. The van der Waals surface area contributed by atoms with Gasteiger partial charge in [0.05, 0.1) is 0 Å². The summed E-state index contributed by atoms with van der Waals surface area (Å²) in [6, 6.07) is 27.4. The molecule has 0 N–H and O–H groups in total. The highest BCUT2D eigenvalue weighted by Crippen LogP contribution is 2.35. The first kappa shape index (κ1) is 18.4. The lowest BCUT2D eigenvalue weighted by molar-refractivity contribution is 0.0980. The lowest BCUT2D eigenvalue weighted by Crippen LogP contribution is -2.02. The van der Waals surface area contributed by atoms with Crippen LogP contribution in [-0.2, 0) is 0 Å². The number of benzene rings is 4. The molecule has 0 spiro atoms. The van der Waals surface area contributed by atoms with Crippen molar-refractivity contribution >= 4 is 27.3 Å². The quantitative estimate of drug-likeness (QED) is 0.241. The van der Waals surface area contributed by atoms with Crippen molar-refractivity contribution in [2.24, 2.45) is 0 Å². The molecule has 1 heteroatoms. The van der Waals surface area contributed by atoms with E-state index < -0.39 is 0 Å². The molecule has 0 aliphatic rings. The standard InChI is InChI=1S/C27H26O/c1-2-3-4-5-14-26(28)25-18-17-21-11-8-9-13-24(21)27(25)23-16-15-20-10-6-7-12-22(20)19-23/h6-13,15-19H,2-5,14H2,1H3. The van der Waals surface area contributed by atoms with Crippen molar-refractivity contribution in [3.05, 3.63) is 84.4 Å². The molecule has 0 bridgehead atoms. The topological polar surface area (TPSA) is 17.1 Å². The van der Waals surface area contributed by atoms with Gasteiger partial charge in [-0.1, -0.05) is 99.0 Å². The summed E-state index contributed by atoms with van der Waals surface area (Å²) >= 11 is 0. The first-order valence-electron chi connectivity index (χ1n) is 10.3. The molecule has 0 saturated heterocycles. The summed E-state index contributed by atoms with van der Waals surface area (Å²) in [7, 11) is 0. The van der Waals surface area contributed by atoms with E-state index >= 15 is 0 Å². The summed E-state index contributed by atoms with van der Waals surface area (Å²) in [5.41, 5.74) is 3.04. The molecule has 140 valence electrons. The molecule has 0 fully saturated rings. The maximum Gasteiger partial charge on any atom is 0.163 e. The fourth-order valence-corrected chi connectivity index (χ4v) is 4.01. The van der Waals surface area contributed by atoms with Gasteiger partial charge in [0.1, 0.15) is 0 Å². The second kappa shape index (κ2) is 8.39. The predicted molar refractivity (Wildman–Crippen MR) is 120 cm³/mol. The highest BCUT2D eigenvalue weighted by Gasteiger charge is 2.16. The number of Topliss-reactive ketones (excluding diaryl/α,β-unsaturated/α-hetero) is 1. The Morgan fingerprint density at radius 2 is 1.43 bits per heavy atom. The zero-order valence-electron chi connectivity index (χ0n) is 16.4. The molecule has 28 heavy (non-hydrogen) atoms. The van der Waals surface area contributed by atoms with E-state index in [0.717, 1.165) is 34.9 Å². The molecule has 0 heterocycles. The van der Waals surface area contributed by atoms with E-state index in [1.165, 1.54) is 29.0 Å². The average molecular weight is 367 g/mol. The van der Waals surface area contributed by atoms with Gasteiger partial charge in [0.15, 0.2) is 5.78 Å². The van der Waals surface area contributed by atoms with Crippen molar-refractivity contribution in [1.82, 2.24) is 0 Å². The lowest BCUT2D eigenvalue weighted by atomic mass is 9.89. The van der Waals surface area contributed by atoms with Crippen LogP contribution in [0.2, 0.25) is 0 Å². The van der Waals surface area contributed by atoms with Gasteiger partial charge in [-0.05, 0) is 39.6 Å². The summed E-state index contributed by atoms with van der Waals surface area (Å²) in [6.45, 7) is 2.20. The predicted octanol–water partition coefficient (Wildman–Crippen LogP) is 7.81. The summed E-state index contributed by atoms with van der Waals surface area (Å²) in [5, 5.41) is 4.75. The first-order valence-corrected chi connectivity index (χ1v) is 10.3. The molecule has 0 aliphatic heterocycles. The van der Waals surface area contributed by atoms with Crippen LogP contribution in [0.25, 0.3) is 32.7 Å². The second-order valence-electron chi connectivity index (χ2n) is 7.51. The normalized spacial score (nSPS) is 11.2. The van der Waals surface area contributed by atoms with Crippen molar-refractivity contribution in [1.29, 1.82) is 0 Å². The van der Waals surface area contributed by atoms with Crippen molar-refractivity contribution < 1.29 is 4.79 Å². The van der Waals surface area contributed by atoms with Crippen LogP contribution in [0.4, 0.5) is 0 Å². The molecular weight excluding hydrogens is 340 g/mol. The first-order chi connectivity index (χ1) is 13.8. The van der Waals surface area contributed by atoms with Gasteiger partial charge >= 0.3 is 0 Å². The molecule has 0 aromatic heterocycles. The molecule has 0 unspecified atom stereocenters. The van der Waals surface area contributed by atoms with E-state index in [9.17, 15) is 4.79 Å². The number of hydrogen-bond donors (Lipinski definition) is 0. The Kier molecular flexibility index (Phi) is 5.53. The van der Waals surface area contributed by atoms with Gasteiger partial charge in [-0.2, -0.15) is 0 Å². The van der Waals surface area contributed by atoms with Crippen LogP contribution in [0.15, 0.2) is 78.9 Å². The molecular formula is C27H26O. The Labute approximate surface area is 167 Å². The minimum absolute atomic E-state index is 0.255. The van der Waals surface area contributed by atoms with Crippen LogP contribution in [0.1, 0.15) is 49.4 Å². The number of rotatable bonds is 7. The van der Waals surface area contributed by atoms with Crippen molar-refractivity contribution in [3.63, 3.8) is 0 Å². The van der Waals surface area contributed by atoms with Gasteiger partial charge in [0.25, 0.3) is 0 Å². The van der Waals surface area contributed by atoms with Crippen molar-refractivity contribution in [2.75, 3.05) is 0 Å². The summed E-state index contributed by atoms with van der Waals surface area (Å²) in [6.07, 6.45) is 5.10. The maximum atomic E-state index is 13.1.